The zero-order chi connectivity index (χ0) is 16.0. The normalized spacial score (nSPS) is 23.8. The number of hydrogen-bond donors (Lipinski definition) is 1. The van der Waals surface area contributed by atoms with Gasteiger partial charge in [-0.3, -0.25) is 5.32 Å². The minimum Gasteiger partial charge on any atom is -0.444 e. The number of carbonyl (C=O) groups excluding carboxylic acids is 2. The van der Waals surface area contributed by atoms with Gasteiger partial charge in [0, 0.05) is 18.5 Å². The van der Waals surface area contributed by atoms with E-state index < -0.39 is 17.3 Å². The first-order valence-electron chi connectivity index (χ1n) is 7.37. The van der Waals surface area contributed by atoms with Gasteiger partial charge in [0.15, 0.2) is 5.60 Å². The van der Waals surface area contributed by atoms with Crippen molar-refractivity contribution in [1.82, 2.24) is 4.90 Å². The Labute approximate surface area is 129 Å². The summed E-state index contributed by atoms with van der Waals surface area (Å²) in [6, 6.07) is 7.53. The first kappa shape index (κ1) is 14.7. The van der Waals surface area contributed by atoms with Gasteiger partial charge in [0.05, 0.1) is 12.2 Å². The molecule has 0 radical (unpaired) electrons. The fourth-order valence-electron chi connectivity index (χ4n) is 2.92. The van der Waals surface area contributed by atoms with E-state index in [1.165, 1.54) is 0 Å². The van der Waals surface area contributed by atoms with Crippen molar-refractivity contribution < 1.29 is 19.1 Å². The van der Waals surface area contributed by atoms with Gasteiger partial charge >= 0.3 is 12.2 Å². The average Bonchev–Trinajstić information content (AvgIpc) is 2.81. The van der Waals surface area contributed by atoms with E-state index in [4.69, 9.17) is 9.47 Å². The van der Waals surface area contributed by atoms with Gasteiger partial charge in [-0.05, 0) is 26.8 Å². The molecule has 3 rings (SSSR count). The molecule has 1 spiro atoms. The van der Waals surface area contributed by atoms with Crippen LogP contribution in [-0.4, -0.2) is 35.8 Å². The monoisotopic (exact) mass is 304 g/mol. The summed E-state index contributed by atoms with van der Waals surface area (Å²) in [4.78, 5) is 25.7. The lowest BCUT2D eigenvalue weighted by atomic mass is 9.90. The second kappa shape index (κ2) is 4.90. The molecule has 1 aromatic rings. The highest BCUT2D eigenvalue weighted by molar-refractivity contribution is 5.89. The molecule has 6 nitrogen and oxygen atoms in total. The van der Waals surface area contributed by atoms with E-state index in [2.05, 4.69) is 5.32 Å². The standard InChI is InChI=1S/C16H20N2O4/c1-15(2,3)22-14(20)18-9-8-16(10-18)11-6-4-5-7-12(11)17-13(19)21-16/h4-7H,8-10H2,1-3H3,(H,17,19). The summed E-state index contributed by atoms with van der Waals surface area (Å²) in [6.07, 6.45) is -0.294. The SMILES string of the molecule is CC(C)(C)OC(=O)N1CCC2(C1)OC(=O)Nc1ccccc12. The van der Waals surface area contributed by atoms with Crippen LogP contribution in [0, 0.1) is 0 Å². The Hall–Kier alpha value is -2.24. The van der Waals surface area contributed by atoms with Gasteiger partial charge in [0.1, 0.15) is 5.60 Å². The maximum atomic E-state index is 12.2. The van der Waals surface area contributed by atoms with Crippen molar-refractivity contribution in [2.75, 3.05) is 18.4 Å². The van der Waals surface area contributed by atoms with Crippen molar-refractivity contribution in [2.45, 2.75) is 38.4 Å². The molecule has 1 fully saturated rings. The van der Waals surface area contributed by atoms with Gasteiger partial charge in [0.25, 0.3) is 0 Å². The van der Waals surface area contributed by atoms with Gasteiger partial charge in [-0.15, -0.1) is 0 Å². The summed E-state index contributed by atoms with van der Waals surface area (Å²) in [7, 11) is 0. The summed E-state index contributed by atoms with van der Waals surface area (Å²) in [5.41, 5.74) is 0.316. The summed E-state index contributed by atoms with van der Waals surface area (Å²) < 4.78 is 11.0. The van der Waals surface area contributed by atoms with Crippen molar-refractivity contribution in [3.05, 3.63) is 29.8 Å². The number of amides is 2. The molecular weight excluding hydrogens is 284 g/mol. The van der Waals surface area contributed by atoms with E-state index >= 15 is 0 Å². The number of anilines is 1. The first-order chi connectivity index (χ1) is 10.3. The van der Waals surface area contributed by atoms with Crippen LogP contribution in [0.3, 0.4) is 0 Å². The van der Waals surface area contributed by atoms with E-state index in [1.807, 2.05) is 45.0 Å². The number of para-hydroxylation sites is 1. The Bertz CT molecular complexity index is 623. The molecule has 1 atom stereocenters. The third-order valence-corrected chi connectivity index (χ3v) is 3.83. The van der Waals surface area contributed by atoms with E-state index in [0.717, 1.165) is 11.3 Å². The fourth-order valence-corrected chi connectivity index (χ4v) is 2.92. The third-order valence-electron chi connectivity index (χ3n) is 3.83. The van der Waals surface area contributed by atoms with Crippen LogP contribution in [-0.2, 0) is 15.1 Å². The smallest absolute Gasteiger partial charge is 0.412 e. The van der Waals surface area contributed by atoms with Crippen LogP contribution in [0.5, 0.6) is 0 Å². The van der Waals surface area contributed by atoms with Crippen molar-refractivity contribution >= 4 is 17.9 Å². The maximum Gasteiger partial charge on any atom is 0.412 e. The van der Waals surface area contributed by atoms with Crippen LogP contribution in [0.1, 0.15) is 32.8 Å². The molecule has 0 saturated carbocycles. The zero-order valence-electron chi connectivity index (χ0n) is 13.0. The fraction of sp³-hybridized carbons (Fsp3) is 0.500. The predicted octanol–water partition coefficient (Wildman–Crippen LogP) is 3.08. The number of benzene rings is 1. The molecule has 2 amide bonds. The molecular formula is C16H20N2O4. The van der Waals surface area contributed by atoms with Crippen LogP contribution in [0.25, 0.3) is 0 Å². The molecule has 1 saturated heterocycles. The van der Waals surface area contributed by atoms with E-state index in [9.17, 15) is 9.59 Å². The van der Waals surface area contributed by atoms with Crippen molar-refractivity contribution in [3.63, 3.8) is 0 Å². The number of ether oxygens (including phenoxy) is 2. The van der Waals surface area contributed by atoms with E-state index in [1.54, 1.807) is 4.90 Å². The largest absolute Gasteiger partial charge is 0.444 e. The molecule has 22 heavy (non-hydrogen) atoms. The quantitative estimate of drug-likeness (QED) is 0.799. The second-order valence-electron chi connectivity index (χ2n) is 6.71. The number of hydrogen-bond acceptors (Lipinski definition) is 4. The minimum atomic E-state index is -0.782. The van der Waals surface area contributed by atoms with Gasteiger partial charge in [-0.1, -0.05) is 18.2 Å². The number of rotatable bonds is 0. The summed E-state index contributed by atoms with van der Waals surface area (Å²) >= 11 is 0. The highest BCUT2D eigenvalue weighted by Gasteiger charge is 2.49. The van der Waals surface area contributed by atoms with E-state index in [-0.39, 0.29) is 6.09 Å². The predicted molar refractivity (Wildman–Crippen MR) is 80.6 cm³/mol. The Balaban J connectivity index is 1.85. The molecule has 0 aliphatic carbocycles. The molecule has 2 aliphatic heterocycles. The number of carbonyl (C=O) groups is 2. The number of nitrogens with zero attached hydrogens (tertiary/aromatic N) is 1. The Morgan fingerprint density at radius 2 is 2.09 bits per heavy atom. The lowest BCUT2D eigenvalue weighted by Gasteiger charge is -2.35. The van der Waals surface area contributed by atoms with Gasteiger partial charge in [-0.2, -0.15) is 0 Å². The lowest BCUT2D eigenvalue weighted by Crippen LogP contribution is -2.43. The highest BCUT2D eigenvalue weighted by atomic mass is 16.6. The van der Waals surface area contributed by atoms with Gasteiger partial charge in [-0.25, -0.2) is 9.59 Å². The number of fused-ring (bicyclic) bond motifs is 2. The van der Waals surface area contributed by atoms with Gasteiger partial charge in [0.2, 0.25) is 0 Å². The van der Waals surface area contributed by atoms with Crippen LogP contribution in [0.15, 0.2) is 24.3 Å². The molecule has 0 bridgehead atoms. The van der Waals surface area contributed by atoms with Crippen LogP contribution in [0.4, 0.5) is 15.3 Å². The molecule has 2 aliphatic rings. The number of likely N-dealkylation sites (tertiary alicyclic amines) is 1. The Morgan fingerprint density at radius 1 is 1.36 bits per heavy atom. The molecule has 1 aromatic carbocycles. The molecule has 2 heterocycles. The first-order valence-corrected chi connectivity index (χ1v) is 7.37. The van der Waals surface area contributed by atoms with Crippen LogP contribution in [0.2, 0.25) is 0 Å². The second-order valence-corrected chi connectivity index (χ2v) is 6.71. The molecule has 0 aromatic heterocycles. The van der Waals surface area contributed by atoms with Crippen molar-refractivity contribution in [2.24, 2.45) is 0 Å². The summed E-state index contributed by atoms with van der Waals surface area (Å²) in [5.74, 6) is 0. The molecule has 1 N–H and O–H groups in total. The lowest BCUT2D eigenvalue weighted by molar-refractivity contribution is 0.00433. The Kier molecular flexibility index (Phi) is 3.27. The van der Waals surface area contributed by atoms with Crippen LogP contribution < -0.4 is 5.32 Å². The van der Waals surface area contributed by atoms with Crippen LogP contribution >= 0.6 is 0 Å². The van der Waals surface area contributed by atoms with E-state index in [0.29, 0.717) is 19.5 Å². The average molecular weight is 304 g/mol. The molecule has 6 heteroatoms. The third kappa shape index (κ3) is 2.61. The zero-order valence-corrected chi connectivity index (χ0v) is 13.0. The number of nitrogens with one attached hydrogen (secondary N) is 1. The Morgan fingerprint density at radius 3 is 2.82 bits per heavy atom. The summed E-state index contributed by atoms with van der Waals surface area (Å²) in [5, 5.41) is 2.70. The maximum absolute atomic E-state index is 12.2. The van der Waals surface area contributed by atoms with Crippen molar-refractivity contribution in [1.29, 1.82) is 0 Å². The topological polar surface area (TPSA) is 67.9 Å². The van der Waals surface area contributed by atoms with Crippen molar-refractivity contribution in [3.8, 4) is 0 Å². The summed E-state index contributed by atoms with van der Waals surface area (Å²) in [6.45, 7) is 6.30. The molecule has 1 unspecified atom stereocenters. The minimum absolute atomic E-state index is 0.312. The highest BCUT2D eigenvalue weighted by Crippen LogP contribution is 2.42. The van der Waals surface area contributed by atoms with Gasteiger partial charge < -0.3 is 14.4 Å². The molecule has 118 valence electrons.